The minimum absolute atomic E-state index is 0.272. The van der Waals surface area contributed by atoms with Crippen molar-refractivity contribution in [1.29, 1.82) is 0 Å². The van der Waals surface area contributed by atoms with E-state index in [1.54, 1.807) is 24.3 Å². The number of hydrogen-bond acceptors (Lipinski definition) is 2. The Morgan fingerprint density at radius 3 is 2.60 bits per heavy atom. The first-order chi connectivity index (χ1) is 9.63. The van der Waals surface area contributed by atoms with Crippen molar-refractivity contribution in [2.45, 2.75) is 6.61 Å². The van der Waals surface area contributed by atoms with Crippen molar-refractivity contribution in [3.05, 3.63) is 59.2 Å². The average molecular weight is 288 g/mol. The summed E-state index contributed by atoms with van der Waals surface area (Å²) in [5.74, 6) is 1.05. The number of nitrogens with zero attached hydrogens (tertiary/aromatic N) is 1. The molecule has 2 aromatic carbocycles. The maximum atomic E-state index is 9.51. The first-order valence-electron chi connectivity index (χ1n) is 6.29. The van der Waals surface area contributed by atoms with Crippen molar-refractivity contribution in [2.24, 2.45) is 7.05 Å². The van der Waals surface area contributed by atoms with Crippen LogP contribution < -0.4 is 4.74 Å². The number of halogens is 1. The summed E-state index contributed by atoms with van der Waals surface area (Å²) in [5.41, 5.74) is 2.11. The SMILES string of the molecule is Cn1c(COc2ccc(Cl)cc2)cc2cc(O)ccc21. The Morgan fingerprint density at radius 2 is 1.85 bits per heavy atom. The molecule has 0 spiro atoms. The predicted molar refractivity (Wildman–Crippen MR) is 80.4 cm³/mol. The molecule has 3 rings (SSSR count). The van der Waals surface area contributed by atoms with Crippen molar-refractivity contribution in [1.82, 2.24) is 4.57 Å². The van der Waals surface area contributed by atoms with Gasteiger partial charge in [-0.2, -0.15) is 0 Å². The number of aromatic nitrogens is 1. The molecule has 1 heterocycles. The molecule has 1 aromatic heterocycles. The monoisotopic (exact) mass is 287 g/mol. The normalized spacial score (nSPS) is 10.9. The second kappa shape index (κ2) is 5.10. The van der Waals surface area contributed by atoms with Crippen LogP contribution in [0.5, 0.6) is 11.5 Å². The van der Waals surface area contributed by atoms with Crippen LogP contribution in [0.25, 0.3) is 10.9 Å². The summed E-state index contributed by atoms with van der Waals surface area (Å²) in [6, 6.07) is 14.6. The van der Waals surface area contributed by atoms with Gasteiger partial charge in [0.15, 0.2) is 0 Å². The second-order valence-electron chi connectivity index (χ2n) is 4.68. The van der Waals surface area contributed by atoms with E-state index >= 15 is 0 Å². The van der Waals surface area contributed by atoms with Crippen LogP contribution in [0.2, 0.25) is 5.02 Å². The summed E-state index contributed by atoms with van der Waals surface area (Å²) in [4.78, 5) is 0. The number of ether oxygens (including phenoxy) is 1. The van der Waals surface area contributed by atoms with E-state index in [0.29, 0.717) is 11.6 Å². The fraction of sp³-hybridized carbons (Fsp3) is 0.125. The van der Waals surface area contributed by atoms with Crippen LogP contribution in [-0.2, 0) is 13.7 Å². The van der Waals surface area contributed by atoms with E-state index in [1.807, 2.05) is 31.3 Å². The maximum Gasteiger partial charge on any atom is 0.128 e. The highest BCUT2D eigenvalue weighted by atomic mass is 35.5. The number of aryl methyl sites for hydroxylation is 1. The van der Waals surface area contributed by atoms with Gasteiger partial charge in [0, 0.05) is 23.0 Å². The van der Waals surface area contributed by atoms with Crippen LogP contribution in [0, 0.1) is 0 Å². The van der Waals surface area contributed by atoms with Crippen molar-refractivity contribution in [3.8, 4) is 11.5 Å². The molecule has 0 unspecified atom stereocenters. The molecule has 0 aliphatic heterocycles. The zero-order valence-electron chi connectivity index (χ0n) is 11.0. The average Bonchev–Trinajstić information content (AvgIpc) is 2.74. The third kappa shape index (κ3) is 2.45. The van der Waals surface area contributed by atoms with Gasteiger partial charge in [0.1, 0.15) is 18.1 Å². The van der Waals surface area contributed by atoms with Gasteiger partial charge in [0.05, 0.1) is 5.69 Å². The van der Waals surface area contributed by atoms with Crippen LogP contribution in [0.15, 0.2) is 48.5 Å². The lowest BCUT2D eigenvalue weighted by Crippen LogP contribution is -2.01. The summed E-state index contributed by atoms with van der Waals surface area (Å²) in [5, 5.41) is 11.2. The number of rotatable bonds is 3. The molecule has 0 amide bonds. The van der Waals surface area contributed by atoms with Gasteiger partial charge in [-0.05, 0) is 48.5 Å². The summed E-state index contributed by atoms with van der Waals surface area (Å²) < 4.78 is 7.81. The Hall–Kier alpha value is -2.13. The number of phenolic OH excluding ortho intramolecular Hbond substituents is 1. The lowest BCUT2D eigenvalue weighted by Gasteiger charge is -2.07. The van der Waals surface area contributed by atoms with Crippen molar-refractivity contribution < 1.29 is 9.84 Å². The largest absolute Gasteiger partial charge is 0.508 e. The lowest BCUT2D eigenvalue weighted by atomic mass is 10.2. The van der Waals surface area contributed by atoms with Crippen LogP contribution in [0.3, 0.4) is 0 Å². The van der Waals surface area contributed by atoms with Crippen LogP contribution in [-0.4, -0.2) is 9.67 Å². The van der Waals surface area contributed by atoms with Gasteiger partial charge in [-0.1, -0.05) is 11.6 Å². The molecule has 0 saturated carbocycles. The van der Waals surface area contributed by atoms with Gasteiger partial charge in [0.2, 0.25) is 0 Å². The Balaban J connectivity index is 1.84. The maximum absolute atomic E-state index is 9.51. The van der Waals surface area contributed by atoms with E-state index in [-0.39, 0.29) is 5.75 Å². The molecule has 102 valence electrons. The highest BCUT2D eigenvalue weighted by molar-refractivity contribution is 6.30. The van der Waals surface area contributed by atoms with Gasteiger partial charge in [-0.25, -0.2) is 0 Å². The van der Waals surface area contributed by atoms with Crippen LogP contribution in [0.1, 0.15) is 5.69 Å². The van der Waals surface area contributed by atoms with Crippen molar-refractivity contribution in [2.75, 3.05) is 0 Å². The Kier molecular flexibility index (Phi) is 3.28. The van der Waals surface area contributed by atoms with E-state index in [0.717, 1.165) is 22.3 Å². The van der Waals surface area contributed by atoms with E-state index in [2.05, 4.69) is 4.57 Å². The third-order valence-electron chi connectivity index (χ3n) is 3.33. The number of aromatic hydroxyl groups is 1. The third-order valence-corrected chi connectivity index (χ3v) is 3.58. The predicted octanol–water partition coefficient (Wildman–Crippen LogP) is 4.12. The first-order valence-corrected chi connectivity index (χ1v) is 6.67. The molecule has 1 N–H and O–H groups in total. The molecule has 0 aliphatic carbocycles. The van der Waals surface area contributed by atoms with Crippen molar-refractivity contribution >= 4 is 22.5 Å². The number of benzene rings is 2. The zero-order valence-corrected chi connectivity index (χ0v) is 11.8. The molecule has 0 radical (unpaired) electrons. The molecule has 3 aromatic rings. The molecule has 20 heavy (non-hydrogen) atoms. The fourth-order valence-electron chi connectivity index (χ4n) is 2.22. The minimum Gasteiger partial charge on any atom is -0.508 e. The Bertz CT molecular complexity index is 747. The number of fused-ring (bicyclic) bond motifs is 1. The topological polar surface area (TPSA) is 34.4 Å². The van der Waals surface area contributed by atoms with Crippen molar-refractivity contribution in [3.63, 3.8) is 0 Å². The molecule has 0 atom stereocenters. The first kappa shape index (κ1) is 12.9. The van der Waals surface area contributed by atoms with Gasteiger partial charge in [0.25, 0.3) is 0 Å². The number of hydrogen-bond donors (Lipinski definition) is 1. The van der Waals surface area contributed by atoms with E-state index in [4.69, 9.17) is 16.3 Å². The zero-order chi connectivity index (χ0) is 14.1. The molecular weight excluding hydrogens is 274 g/mol. The Morgan fingerprint density at radius 1 is 1.10 bits per heavy atom. The highest BCUT2D eigenvalue weighted by Gasteiger charge is 2.07. The summed E-state index contributed by atoms with van der Waals surface area (Å²) >= 11 is 5.84. The van der Waals surface area contributed by atoms with Crippen LogP contribution in [0.4, 0.5) is 0 Å². The van der Waals surface area contributed by atoms with E-state index in [9.17, 15) is 5.11 Å². The quantitative estimate of drug-likeness (QED) is 0.786. The van der Waals surface area contributed by atoms with Gasteiger partial charge in [-0.3, -0.25) is 0 Å². The van der Waals surface area contributed by atoms with E-state index < -0.39 is 0 Å². The highest BCUT2D eigenvalue weighted by Crippen LogP contribution is 2.24. The molecule has 0 aliphatic rings. The Labute approximate surface area is 122 Å². The van der Waals surface area contributed by atoms with Gasteiger partial charge >= 0.3 is 0 Å². The summed E-state index contributed by atoms with van der Waals surface area (Å²) in [7, 11) is 1.99. The fourth-order valence-corrected chi connectivity index (χ4v) is 2.35. The summed E-state index contributed by atoms with van der Waals surface area (Å²) in [6.07, 6.45) is 0. The smallest absolute Gasteiger partial charge is 0.128 e. The molecular formula is C16H14ClNO2. The molecule has 0 saturated heterocycles. The molecule has 3 nitrogen and oxygen atoms in total. The van der Waals surface area contributed by atoms with Gasteiger partial charge < -0.3 is 14.4 Å². The molecule has 4 heteroatoms. The lowest BCUT2D eigenvalue weighted by molar-refractivity contribution is 0.298. The van der Waals surface area contributed by atoms with Gasteiger partial charge in [-0.15, -0.1) is 0 Å². The van der Waals surface area contributed by atoms with E-state index in [1.165, 1.54) is 0 Å². The van der Waals surface area contributed by atoms with Crippen LogP contribution >= 0.6 is 11.6 Å². The minimum atomic E-state index is 0.272. The molecule has 0 fully saturated rings. The standard InChI is InChI=1S/C16H14ClNO2/c1-18-13(8-11-9-14(19)4-7-16(11)18)10-20-15-5-2-12(17)3-6-15/h2-9,19H,10H2,1H3. The second-order valence-corrected chi connectivity index (χ2v) is 5.12. The number of phenols is 1. The molecule has 0 bridgehead atoms. The summed E-state index contributed by atoms with van der Waals surface area (Å²) in [6.45, 7) is 0.466.